The fourth-order valence-electron chi connectivity index (χ4n) is 5.57. The highest BCUT2D eigenvalue weighted by molar-refractivity contribution is 5.95. The van der Waals surface area contributed by atoms with Gasteiger partial charge in [-0.25, -0.2) is 0 Å². The largest absolute Gasteiger partial charge is 0.416 e. The Kier molecular flexibility index (Phi) is 9.88. The molecule has 1 aliphatic heterocycles. The predicted molar refractivity (Wildman–Crippen MR) is 160 cm³/mol. The van der Waals surface area contributed by atoms with E-state index in [9.17, 15) is 35.9 Å². The zero-order valence-corrected chi connectivity index (χ0v) is 25.2. The molecule has 1 unspecified atom stereocenters. The summed E-state index contributed by atoms with van der Waals surface area (Å²) in [5.41, 5.74) is -0.530. The number of H-pyrrole nitrogens is 1. The molecule has 0 aliphatic carbocycles. The maximum absolute atomic E-state index is 13.7. The van der Waals surface area contributed by atoms with Gasteiger partial charge in [0.15, 0.2) is 0 Å². The number of hydrogen-bond acceptors (Lipinski definition) is 3. The lowest BCUT2D eigenvalue weighted by Crippen LogP contribution is -2.55. The van der Waals surface area contributed by atoms with Crippen molar-refractivity contribution in [2.75, 3.05) is 33.7 Å². The van der Waals surface area contributed by atoms with E-state index < -0.39 is 41.0 Å². The molecule has 45 heavy (non-hydrogen) atoms. The van der Waals surface area contributed by atoms with Crippen molar-refractivity contribution >= 4 is 35.1 Å². The van der Waals surface area contributed by atoms with Crippen LogP contribution in [0, 0.1) is 0 Å². The second kappa shape index (κ2) is 13.1. The van der Waals surface area contributed by atoms with Crippen LogP contribution in [-0.4, -0.2) is 71.3 Å². The maximum atomic E-state index is 13.7. The number of carbonyl (C=O) groups is 2. The Balaban J connectivity index is 0.00000461. The van der Waals surface area contributed by atoms with Gasteiger partial charge in [-0.05, 0) is 53.9 Å². The molecule has 0 radical (unpaired) electrons. The van der Waals surface area contributed by atoms with Gasteiger partial charge in [-0.15, -0.1) is 12.4 Å². The number of aromatic nitrogens is 1. The van der Waals surface area contributed by atoms with Crippen LogP contribution in [0.4, 0.5) is 26.3 Å². The van der Waals surface area contributed by atoms with Crippen molar-refractivity contribution in [2.24, 2.45) is 0 Å². The molecule has 2 heterocycles. The van der Waals surface area contributed by atoms with E-state index in [-0.39, 0.29) is 30.9 Å². The Morgan fingerprint density at radius 2 is 1.49 bits per heavy atom. The van der Waals surface area contributed by atoms with E-state index >= 15 is 0 Å². The van der Waals surface area contributed by atoms with Gasteiger partial charge in [0.1, 0.15) is 0 Å². The van der Waals surface area contributed by atoms with Gasteiger partial charge in [-0.1, -0.05) is 30.3 Å². The number of carbonyl (C=O) groups excluding carboxylic acids is 2. The molecular weight excluding hydrogens is 622 g/mol. The highest BCUT2D eigenvalue weighted by Gasteiger charge is 2.39. The van der Waals surface area contributed by atoms with Gasteiger partial charge in [-0.3, -0.25) is 14.5 Å². The molecule has 0 saturated carbocycles. The number of alkyl halides is 6. The second-order valence-electron chi connectivity index (χ2n) is 11.1. The Labute approximate surface area is 262 Å². The zero-order chi connectivity index (χ0) is 31.8. The van der Waals surface area contributed by atoms with E-state index in [1.165, 1.54) is 9.80 Å². The van der Waals surface area contributed by atoms with Gasteiger partial charge in [0, 0.05) is 74.5 Å². The topological polar surface area (TPSA) is 59.7 Å². The number of hydrogen-bond donors (Lipinski definition) is 1. The molecule has 1 aromatic heterocycles. The number of amides is 2. The van der Waals surface area contributed by atoms with E-state index in [0.717, 1.165) is 22.0 Å². The molecule has 5 rings (SSSR count). The van der Waals surface area contributed by atoms with Crippen LogP contribution in [0.25, 0.3) is 10.9 Å². The number of rotatable bonds is 6. The molecule has 1 aliphatic rings. The third-order valence-corrected chi connectivity index (χ3v) is 7.81. The van der Waals surface area contributed by atoms with Gasteiger partial charge >= 0.3 is 12.4 Å². The lowest BCUT2D eigenvalue weighted by atomic mass is 9.98. The first kappa shape index (κ1) is 33.9. The summed E-state index contributed by atoms with van der Waals surface area (Å²) in [6.45, 7) is 1.25. The first-order valence-electron chi connectivity index (χ1n) is 13.9. The fourth-order valence-corrected chi connectivity index (χ4v) is 5.57. The van der Waals surface area contributed by atoms with E-state index in [1.54, 1.807) is 32.4 Å². The van der Waals surface area contributed by atoms with Crippen LogP contribution in [0.5, 0.6) is 0 Å². The minimum absolute atomic E-state index is 0. The monoisotopic (exact) mass is 652 g/mol. The van der Waals surface area contributed by atoms with Gasteiger partial charge in [0.2, 0.25) is 0 Å². The summed E-state index contributed by atoms with van der Waals surface area (Å²) in [5, 5.41) is 0.914. The lowest BCUT2D eigenvalue weighted by Gasteiger charge is -2.42. The molecule has 13 heteroatoms. The van der Waals surface area contributed by atoms with Crippen LogP contribution in [0.2, 0.25) is 0 Å². The first-order valence-corrected chi connectivity index (χ1v) is 13.9. The number of piperazine rings is 1. The van der Waals surface area contributed by atoms with Gasteiger partial charge < -0.3 is 14.8 Å². The smallest absolute Gasteiger partial charge is 0.361 e. The Hall–Kier alpha value is -4.03. The molecule has 0 bridgehead atoms. The zero-order valence-electron chi connectivity index (χ0n) is 24.4. The van der Waals surface area contributed by atoms with E-state index in [0.29, 0.717) is 43.8 Å². The van der Waals surface area contributed by atoms with Gasteiger partial charge in [-0.2, -0.15) is 26.3 Å². The number of nitrogens with one attached hydrogen (secondary N) is 1. The predicted octanol–water partition coefficient (Wildman–Crippen LogP) is 6.90. The molecule has 2 amide bonds. The molecule has 0 spiro atoms. The average molecular weight is 653 g/mol. The third-order valence-electron chi connectivity index (χ3n) is 7.81. The van der Waals surface area contributed by atoms with Crippen LogP contribution in [0.1, 0.15) is 43.0 Å². The minimum atomic E-state index is -5.06. The Morgan fingerprint density at radius 1 is 0.867 bits per heavy atom. The first-order chi connectivity index (χ1) is 20.7. The van der Waals surface area contributed by atoms with Crippen molar-refractivity contribution in [3.05, 3.63) is 106 Å². The molecule has 1 atom stereocenters. The fraction of sp³-hybridized carbons (Fsp3) is 0.312. The van der Waals surface area contributed by atoms with Crippen LogP contribution in [0.15, 0.2) is 72.9 Å². The van der Waals surface area contributed by atoms with Crippen molar-refractivity contribution in [1.82, 2.24) is 19.7 Å². The quantitative estimate of drug-likeness (QED) is 0.231. The number of fused-ring (bicyclic) bond motifs is 1. The molecule has 1 saturated heterocycles. The second-order valence-corrected chi connectivity index (χ2v) is 11.1. The molecular formula is C32H31ClF6N4O2. The Bertz CT molecular complexity index is 1630. The molecule has 3 aromatic carbocycles. The third kappa shape index (κ3) is 7.62. The number of para-hydroxylation sites is 1. The van der Waals surface area contributed by atoms with Crippen LogP contribution < -0.4 is 0 Å². The highest BCUT2D eigenvalue weighted by atomic mass is 35.5. The number of nitrogens with zero attached hydrogens (tertiary/aromatic N) is 3. The van der Waals surface area contributed by atoms with Crippen molar-refractivity contribution < 1.29 is 35.9 Å². The molecule has 240 valence electrons. The summed E-state index contributed by atoms with van der Waals surface area (Å²) in [6.07, 6.45) is -8.00. The average Bonchev–Trinajstić information content (AvgIpc) is 3.38. The molecule has 4 aromatic rings. The van der Waals surface area contributed by atoms with Crippen molar-refractivity contribution in [3.63, 3.8) is 0 Å². The summed E-state index contributed by atoms with van der Waals surface area (Å²) in [4.78, 5) is 34.1. The van der Waals surface area contributed by atoms with E-state index in [4.69, 9.17) is 0 Å². The van der Waals surface area contributed by atoms with E-state index in [1.807, 2.05) is 36.4 Å². The van der Waals surface area contributed by atoms with Crippen molar-refractivity contribution in [3.8, 4) is 0 Å². The van der Waals surface area contributed by atoms with Crippen molar-refractivity contribution in [2.45, 2.75) is 31.4 Å². The van der Waals surface area contributed by atoms with Crippen LogP contribution in [-0.2, 0) is 25.3 Å². The minimum Gasteiger partial charge on any atom is -0.361 e. The summed E-state index contributed by atoms with van der Waals surface area (Å²) < 4.78 is 81.4. The standard InChI is InChI=1S/C32H30F6N4O2.ClH/c1-40(2)29(43)21-9-7-20(8-10-21)18-41-11-12-42(26(19-41)15-23-17-39-28-6-4-3-5-27(23)28)30(44)22-13-24(31(33,34)35)16-25(14-22)32(36,37)38;/h3-10,13-14,16-17,26,39H,11-12,15,18-19H2,1-2H3;1H. The normalized spacial score (nSPS) is 16.0. The van der Waals surface area contributed by atoms with E-state index in [2.05, 4.69) is 9.88 Å². The summed E-state index contributed by atoms with van der Waals surface area (Å²) in [5.74, 6) is -1.02. The lowest BCUT2D eigenvalue weighted by molar-refractivity contribution is -0.143. The highest BCUT2D eigenvalue weighted by Crippen LogP contribution is 2.37. The molecule has 6 nitrogen and oxygen atoms in total. The number of aromatic amines is 1. The van der Waals surface area contributed by atoms with Crippen LogP contribution >= 0.6 is 12.4 Å². The van der Waals surface area contributed by atoms with Crippen LogP contribution in [0.3, 0.4) is 0 Å². The summed E-state index contributed by atoms with van der Waals surface area (Å²) in [7, 11) is 3.32. The SMILES string of the molecule is CN(C)C(=O)c1ccc(CN2CCN(C(=O)c3cc(C(F)(F)F)cc(C(F)(F)F)c3)C(Cc3c[nH]c4ccccc34)C2)cc1.Cl. The van der Waals surface area contributed by atoms with Gasteiger partial charge in [0.05, 0.1) is 11.1 Å². The maximum Gasteiger partial charge on any atom is 0.416 e. The number of benzene rings is 3. The number of halogens is 7. The molecule has 1 fully saturated rings. The summed E-state index contributed by atoms with van der Waals surface area (Å²) in [6, 6.07) is 15.1. The van der Waals surface area contributed by atoms with Gasteiger partial charge in [0.25, 0.3) is 11.8 Å². The van der Waals surface area contributed by atoms with Crippen molar-refractivity contribution in [1.29, 1.82) is 0 Å². The molecule has 1 N–H and O–H groups in total. The Morgan fingerprint density at radius 3 is 2.09 bits per heavy atom. The summed E-state index contributed by atoms with van der Waals surface area (Å²) >= 11 is 0.